The predicted octanol–water partition coefficient (Wildman–Crippen LogP) is 6.91. The number of benzene rings is 1. The zero-order chi connectivity index (χ0) is 25.7. The van der Waals surface area contributed by atoms with Gasteiger partial charge < -0.3 is 14.2 Å². The number of carbonyl (C=O) groups is 1. The average molecular weight is 489 g/mol. The molecule has 7 atom stereocenters. The highest BCUT2D eigenvalue weighted by atomic mass is 16.8. The Balaban J connectivity index is 1.37. The summed E-state index contributed by atoms with van der Waals surface area (Å²) < 4.78 is 18.4. The lowest BCUT2D eigenvalue weighted by atomic mass is 9.47. The second kappa shape index (κ2) is 7.68. The van der Waals surface area contributed by atoms with Gasteiger partial charge in [-0.2, -0.15) is 0 Å². The Morgan fingerprint density at radius 1 is 1.08 bits per heavy atom. The maximum absolute atomic E-state index is 13.3. The number of allylic oxidation sites excluding steroid dienone is 6. The SMILES string of the molecule is COc1ccc(C2=CC[C@@]3(C)C(=C2)C(C)=C[C@@H]2[C@@H]3CC[C@@]3(C)[C@H]2C[C@@H]2OC(C)(C)O[C@]23C(C)=O)cc1. The summed E-state index contributed by atoms with van der Waals surface area (Å²) in [6.45, 7) is 12.7. The molecule has 0 radical (unpaired) electrons. The van der Waals surface area contributed by atoms with Crippen LogP contribution in [0.3, 0.4) is 0 Å². The van der Waals surface area contributed by atoms with Gasteiger partial charge in [-0.15, -0.1) is 0 Å². The fraction of sp³-hybridized carbons (Fsp3) is 0.594. The molecule has 0 spiro atoms. The van der Waals surface area contributed by atoms with Crippen LogP contribution >= 0.6 is 0 Å². The maximum atomic E-state index is 13.3. The Kier molecular flexibility index (Phi) is 5.16. The van der Waals surface area contributed by atoms with E-state index in [1.807, 2.05) is 26.0 Å². The van der Waals surface area contributed by atoms with Gasteiger partial charge >= 0.3 is 0 Å². The van der Waals surface area contributed by atoms with Gasteiger partial charge in [-0.05, 0) is 105 Å². The third kappa shape index (κ3) is 3.04. The molecule has 2 saturated carbocycles. The molecule has 192 valence electrons. The van der Waals surface area contributed by atoms with E-state index in [1.165, 1.54) is 22.3 Å². The van der Waals surface area contributed by atoms with Gasteiger partial charge in [0.1, 0.15) is 5.75 Å². The van der Waals surface area contributed by atoms with Crippen LogP contribution in [0.4, 0.5) is 0 Å². The fourth-order valence-corrected chi connectivity index (χ4v) is 9.01. The summed E-state index contributed by atoms with van der Waals surface area (Å²) in [7, 11) is 1.71. The lowest BCUT2D eigenvalue weighted by Crippen LogP contribution is -2.59. The van der Waals surface area contributed by atoms with Crippen LogP contribution in [-0.4, -0.2) is 30.4 Å². The van der Waals surface area contributed by atoms with Gasteiger partial charge in [-0.3, -0.25) is 4.79 Å². The number of ketones is 1. The minimum Gasteiger partial charge on any atom is -0.497 e. The molecule has 6 rings (SSSR count). The van der Waals surface area contributed by atoms with E-state index in [9.17, 15) is 4.79 Å². The number of Topliss-reactive ketones (excluding diaryl/α,β-unsaturated/α-hetero) is 1. The third-order valence-electron chi connectivity index (χ3n) is 10.6. The van der Waals surface area contributed by atoms with Gasteiger partial charge in [0.15, 0.2) is 17.2 Å². The summed E-state index contributed by atoms with van der Waals surface area (Å²) in [5.74, 6) is 1.66. The smallest absolute Gasteiger partial charge is 0.164 e. The van der Waals surface area contributed by atoms with Crippen LogP contribution in [0.5, 0.6) is 5.75 Å². The van der Waals surface area contributed by atoms with Crippen LogP contribution in [0.25, 0.3) is 5.57 Å². The van der Waals surface area contributed by atoms with Crippen LogP contribution in [0.15, 0.2) is 53.6 Å². The number of hydrogen-bond acceptors (Lipinski definition) is 4. The molecule has 1 saturated heterocycles. The first-order chi connectivity index (χ1) is 16.9. The van der Waals surface area contributed by atoms with Crippen LogP contribution in [0.2, 0.25) is 0 Å². The molecule has 0 bridgehead atoms. The molecular weight excluding hydrogens is 448 g/mol. The Hall–Kier alpha value is -2.17. The molecule has 1 aliphatic heterocycles. The molecular formula is C32H40O4. The van der Waals surface area contributed by atoms with Gasteiger partial charge in [-0.1, -0.05) is 49.8 Å². The van der Waals surface area contributed by atoms with Crippen molar-refractivity contribution in [3.05, 3.63) is 59.2 Å². The molecule has 0 N–H and O–H groups in total. The fourth-order valence-electron chi connectivity index (χ4n) is 9.01. The number of carbonyl (C=O) groups excluding carboxylic acids is 1. The van der Waals surface area contributed by atoms with Crippen molar-refractivity contribution in [3.63, 3.8) is 0 Å². The molecule has 36 heavy (non-hydrogen) atoms. The van der Waals surface area contributed by atoms with Crippen molar-refractivity contribution in [2.45, 2.75) is 84.7 Å². The quantitative estimate of drug-likeness (QED) is 0.464. The molecule has 0 unspecified atom stereocenters. The largest absolute Gasteiger partial charge is 0.497 e. The van der Waals surface area contributed by atoms with Crippen molar-refractivity contribution >= 4 is 11.4 Å². The molecule has 4 heteroatoms. The van der Waals surface area contributed by atoms with Crippen molar-refractivity contribution in [1.82, 2.24) is 0 Å². The van der Waals surface area contributed by atoms with E-state index in [0.717, 1.165) is 31.4 Å². The van der Waals surface area contributed by atoms with E-state index in [2.05, 4.69) is 51.1 Å². The number of ether oxygens (including phenoxy) is 3. The zero-order valence-electron chi connectivity index (χ0n) is 22.8. The summed E-state index contributed by atoms with van der Waals surface area (Å²) in [6.07, 6.45) is 11.3. The van der Waals surface area contributed by atoms with E-state index >= 15 is 0 Å². The number of methoxy groups -OCH3 is 1. The topological polar surface area (TPSA) is 44.8 Å². The highest BCUT2D eigenvalue weighted by Crippen LogP contribution is 2.70. The molecule has 3 fully saturated rings. The summed E-state index contributed by atoms with van der Waals surface area (Å²) in [6, 6.07) is 8.39. The van der Waals surface area contributed by atoms with E-state index < -0.39 is 11.4 Å². The maximum Gasteiger partial charge on any atom is 0.164 e. The minimum atomic E-state index is -0.834. The van der Waals surface area contributed by atoms with Gasteiger partial charge in [0.05, 0.1) is 13.2 Å². The second-order valence-corrected chi connectivity index (χ2v) is 12.8. The molecule has 1 aromatic carbocycles. The van der Waals surface area contributed by atoms with Crippen LogP contribution < -0.4 is 4.74 Å². The molecule has 4 nitrogen and oxygen atoms in total. The van der Waals surface area contributed by atoms with E-state index in [0.29, 0.717) is 17.8 Å². The van der Waals surface area contributed by atoms with E-state index in [1.54, 1.807) is 14.0 Å². The summed E-state index contributed by atoms with van der Waals surface area (Å²) in [5.41, 5.74) is 4.45. The molecule has 1 heterocycles. The van der Waals surface area contributed by atoms with Crippen molar-refractivity contribution in [2.75, 3.05) is 7.11 Å². The Morgan fingerprint density at radius 2 is 1.81 bits per heavy atom. The van der Waals surface area contributed by atoms with Gasteiger partial charge in [0, 0.05) is 5.41 Å². The van der Waals surface area contributed by atoms with Gasteiger partial charge in [-0.25, -0.2) is 0 Å². The van der Waals surface area contributed by atoms with Gasteiger partial charge in [0.2, 0.25) is 0 Å². The first-order valence-corrected chi connectivity index (χ1v) is 13.6. The molecule has 0 aromatic heterocycles. The minimum absolute atomic E-state index is 0.100. The highest BCUT2D eigenvalue weighted by Gasteiger charge is 2.74. The van der Waals surface area contributed by atoms with Crippen molar-refractivity contribution in [1.29, 1.82) is 0 Å². The first kappa shape index (κ1) is 24.2. The molecule has 1 aromatic rings. The predicted molar refractivity (Wildman–Crippen MR) is 141 cm³/mol. The van der Waals surface area contributed by atoms with E-state index in [4.69, 9.17) is 14.2 Å². The van der Waals surface area contributed by atoms with Crippen LogP contribution in [0, 0.1) is 28.6 Å². The number of fused-ring (bicyclic) bond motifs is 7. The van der Waals surface area contributed by atoms with Crippen molar-refractivity contribution < 1.29 is 19.0 Å². The molecule has 5 aliphatic rings. The normalized spacial score (nSPS) is 42.2. The summed E-state index contributed by atoms with van der Waals surface area (Å²) in [4.78, 5) is 13.3. The third-order valence-corrected chi connectivity index (χ3v) is 10.6. The van der Waals surface area contributed by atoms with E-state index in [-0.39, 0.29) is 22.7 Å². The first-order valence-electron chi connectivity index (χ1n) is 13.6. The van der Waals surface area contributed by atoms with Crippen LogP contribution in [-0.2, 0) is 14.3 Å². The average Bonchev–Trinajstić information content (AvgIpc) is 3.25. The van der Waals surface area contributed by atoms with Crippen molar-refractivity contribution in [3.8, 4) is 5.75 Å². The lowest BCUT2D eigenvalue weighted by Gasteiger charge is -2.58. The van der Waals surface area contributed by atoms with Crippen molar-refractivity contribution in [2.24, 2.45) is 28.6 Å². The standard InChI is InChI=1S/C32H40O4/c1-19-16-24-25(30(5)14-12-22(17-26(19)30)21-8-10-23(34-7)11-9-21)13-15-31(6)27(24)18-28-32(31,20(2)33)36-29(3,4)35-28/h8-12,16-17,24-25,27-28H,13-15,18H2,1-7H3/t24-,25+,27+,28+,30-,31+,32-/m1/s1. The Bertz CT molecular complexity index is 1200. The van der Waals surface area contributed by atoms with Crippen LogP contribution in [0.1, 0.15) is 72.8 Å². The Morgan fingerprint density at radius 3 is 2.47 bits per heavy atom. The summed E-state index contributed by atoms with van der Waals surface area (Å²) in [5, 5.41) is 0. The number of rotatable bonds is 3. The highest BCUT2D eigenvalue weighted by molar-refractivity contribution is 5.88. The Labute approximate surface area is 215 Å². The summed E-state index contributed by atoms with van der Waals surface area (Å²) >= 11 is 0. The second-order valence-electron chi connectivity index (χ2n) is 12.8. The molecule has 0 amide bonds. The zero-order valence-corrected chi connectivity index (χ0v) is 22.8. The number of hydrogen-bond donors (Lipinski definition) is 0. The molecule has 4 aliphatic carbocycles. The lowest BCUT2D eigenvalue weighted by molar-refractivity contribution is -0.210. The van der Waals surface area contributed by atoms with Gasteiger partial charge in [0.25, 0.3) is 0 Å². The monoisotopic (exact) mass is 488 g/mol.